The van der Waals surface area contributed by atoms with Gasteiger partial charge in [0.1, 0.15) is 5.75 Å². The molecule has 1 aromatic rings. The van der Waals surface area contributed by atoms with Crippen molar-refractivity contribution in [1.82, 2.24) is 5.43 Å². The van der Waals surface area contributed by atoms with E-state index in [0.29, 0.717) is 12.0 Å². The SMILES string of the molecule is NNC(CC1CCOc2ccccc21)C1CC2CC2C1. The quantitative estimate of drug-likeness (QED) is 0.654. The van der Waals surface area contributed by atoms with E-state index >= 15 is 0 Å². The van der Waals surface area contributed by atoms with Gasteiger partial charge in [0.2, 0.25) is 0 Å². The molecule has 1 aromatic carbocycles. The molecule has 108 valence electrons. The first-order chi connectivity index (χ1) is 9.85. The maximum Gasteiger partial charge on any atom is 0.122 e. The molecular weight excluding hydrogens is 248 g/mol. The summed E-state index contributed by atoms with van der Waals surface area (Å²) in [6.45, 7) is 0.842. The Balaban J connectivity index is 1.47. The second-order valence-electron chi connectivity index (χ2n) is 6.87. The first-order valence-electron chi connectivity index (χ1n) is 8.03. The van der Waals surface area contributed by atoms with Crippen molar-refractivity contribution in [2.45, 2.75) is 44.1 Å². The Hall–Kier alpha value is -1.06. The number of nitrogens with one attached hydrogen (secondary N) is 1. The average Bonchev–Trinajstić information content (AvgIpc) is 3.11. The number of para-hydroxylation sites is 1. The third-order valence-electron chi connectivity index (χ3n) is 5.68. The molecular formula is C17H24N2O. The van der Waals surface area contributed by atoms with Gasteiger partial charge in [0.25, 0.3) is 0 Å². The minimum absolute atomic E-state index is 0.471. The number of nitrogens with two attached hydrogens (primary N) is 1. The topological polar surface area (TPSA) is 47.3 Å². The van der Waals surface area contributed by atoms with Crippen molar-refractivity contribution in [3.8, 4) is 5.75 Å². The highest BCUT2D eigenvalue weighted by Gasteiger charge is 2.48. The van der Waals surface area contributed by atoms with Gasteiger partial charge in [-0.3, -0.25) is 11.3 Å². The number of ether oxygens (including phenoxy) is 1. The predicted molar refractivity (Wildman–Crippen MR) is 79.3 cm³/mol. The first-order valence-corrected chi connectivity index (χ1v) is 8.03. The summed E-state index contributed by atoms with van der Waals surface area (Å²) in [6.07, 6.45) is 6.54. The van der Waals surface area contributed by atoms with E-state index in [4.69, 9.17) is 10.6 Å². The Kier molecular flexibility index (Phi) is 3.20. The molecule has 4 rings (SSSR count). The van der Waals surface area contributed by atoms with Gasteiger partial charge in [0.15, 0.2) is 0 Å². The molecule has 2 fully saturated rings. The Labute approximate surface area is 120 Å². The number of hydrogen-bond donors (Lipinski definition) is 2. The van der Waals surface area contributed by atoms with E-state index in [1.54, 1.807) is 0 Å². The summed E-state index contributed by atoms with van der Waals surface area (Å²) in [7, 11) is 0. The average molecular weight is 272 g/mol. The monoisotopic (exact) mass is 272 g/mol. The Morgan fingerprint density at radius 3 is 2.80 bits per heavy atom. The van der Waals surface area contributed by atoms with Gasteiger partial charge < -0.3 is 4.74 Å². The van der Waals surface area contributed by atoms with Gasteiger partial charge in [0, 0.05) is 6.04 Å². The molecule has 20 heavy (non-hydrogen) atoms. The van der Waals surface area contributed by atoms with Gasteiger partial charge in [-0.15, -0.1) is 0 Å². The summed E-state index contributed by atoms with van der Waals surface area (Å²) < 4.78 is 5.77. The minimum Gasteiger partial charge on any atom is -0.493 e. The van der Waals surface area contributed by atoms with Gasteiger partial charge >= 0.3 is 0 Å². The van der Waals surface area contributed by atoms with E-state index in [1.165, 1.54) is 24.8 Å². The van der Waals surface area contributed by atoms with Crippen LogP contribution in [0.3, 0.4) is 0 Å². The zero-order valence-electron chi connectivity index (χ0n) is 11.9. The molecule has 2 aliphatic carbocycles. The Bertz CT molecular complexity index is 480. The van der Waals surface area contributed by atoms with Crippen LogP contribution in [0.4, 0.5) is 0 Å². The Morgan fingerprint density at radius 2 is 2.00 bits per heavy atom. The molecule has 4 unspecified atom stereocenters. The molecule has 0 bridgehead atoms. The molecule has 3 nitrogen and oxygen atoms in total. The van der Waals surface area contributed by atoms with Crippen LogP contribution in [0.25, 0.3) is 0 Å². The van der Waals surface area contributed by atoms with E-state index < -0.39 is 0 Å². The van der Waals surface area contributed by atoms with Crippen LogP contribution < -0.4 is 16.0 Å². The number of hydrogen-bond acceptors (Lipinski definition) is 3. The summed E-state index contributed by atoms with van der Waals surface area (Å²) in [4.78, 5) is 0. The fourth-order valence-corrected chi connectivity index (χ4v) is 4.45. The third-order valence-corrected chi connectivity index (χ3v) is 5.68. The summed E-state index contributed by atoms with van der Waals surface area (Å²) >= 11 is 0. The molecule has 0 spiro atoms. The maximum absolute atomic E-state index is 5.87. The van der Waals surface area contributed by atoms with Crippen LogP contribution in [0.15, 0.2) is 24.3 Å². The van der Waals surface area contributed by atoms with Crippen molar-refractivity contribution >= 4 is 0 Å². The van der Waals surface area contributed by atoms with Gasteiger partial charge in [-0.05, 0) is 67.4 Å². The second kappa shape index (κ2) is 5.05. The zero-order valence-corrected chi connectivity index (χ0v) is 11.9. The fourth-order valence-electron chi connectivity index (χ4n) is 4.45. The molecule has 0 amide bonds. The first kappa shape index (κ1) is 12.7. The van der Waals surface area contributed by atoms with Crippen LogP contribution in [-0.2, 0) is 0 Å². The summed E-state index contributed by atoms with van der Waals surface area (Å²) in [5.74, 6) is 10.4. The lowest BCUT2D eigenvalue weighted by atomic mass is 9.82. The minimum atomic E-state index is 0.471. The summed E-state index contributed by atoms with van der Waals surface area (Å²) in [5, 5.41) is 0. The number of benzene rings is 1. The normalized spacial score (nSPS) is 35.9. The van der Waals surface area contributed by atoms with Crippen LogP contribution in [-0.4, -0.2) is 12.6 Å². The molecule has 2 saturated carbocycles. The van der Waals surface area contributed by atoms with Gasteiger partial charge in [-0.25, -0.2) is 0 Å². The van der Waals surface area contributed by atoms with Crippen molar-refractivity contribution in [3.05, 3.63) is 29.8 Å². The van der Waals surface area contributed by atoms with Crippen molar-refractivity contribution in [2.24, 2.45) is 23.6 Å². The second-order valence-corrected chi connectivity index (χ2v) is 6.87. The number of rotatable bonds is 4. The lowest BCUT2D eigenvalue weighted by Crippen LogP contribution is -2.42. The highest BCUT2D eigenvalue weighted by molar-refractivity contribution is 5.37. The molecule has 0 radical (unpaired) electrons. The standard InChI is InChI=1S/C17H24N2O/c18-19-16(14-8-12-7-13(12)9-14)10-11-5-6-20-17-4-2-1-3-15(11)17/h1-4,11-14,16,19H,5-10,18H2. The van der Waals surface area contributed by atoms with Crippen LogP contribution in [0, 0.1) is 17.8 Å². The summed E-state index contributed by atoms with van der Waals surface area (Å²) in [6, 6.07) is 8.97. The highest BCUT2D eigenvalue weighted by atomic mass is 16.5. The molecule has 0 saturated heterocycles. The fraction of sp³-hybridized carbons (Fsp3) is 0.647. The molecule has 0 aromatic heterocycles. The predicted octanol–water partition coefficient (Wildman–Crippen LogP) is 2.82. The molecule has 4 atom stereocenters. The smallest absolute Gasteiger partial charge is 0.122 e. The van der Waals surface area contributed by atoms with Gasteiger partial charge in [-0.1, -0.05) is 18.2 Å². The summed E-state index contributed by atoms with van der Waals surface area (Å²) in [5.41, 5.74) is 4.50. The largest absolute Gasteiger partial charge is 0.493 e. The van der Waals surface area contributed by atoms with E-state index in [9.17, 15) is 0 Å². The van der Waals surface area contributed by atoms with Crippen LogP contribution in [0.1, 0.15) is 43.6 Å². The van der Waals surface area contributed by atoms with Crippen LogP contribution in [0.5, 0.6) is 5.75 Å². The molecule has 1 aliphatic heterocycles. The van der Waals surface area contributed by atoms with Gasteiger partial charge in [0.05, 0.1) is 6.61 Å². The highest BCUT2D eigenvalue weighted by Crippen LogP contribution is 2.55. The number of fused-ring (bicyclic) bond motifs is 2. The van der Waals surface area contributed by atoms with Crippen molar-refractivity contribution in [1.29, 1.82) is 0 Å². The van der Waals surface area contributed by atoms with E-state index in [-0.39, 0.29) is 0 Å². The van der Waals surface area contributed by atoms with Crippen LogP contribution in [0.2, 0.25) is 0 Å². The lowest BCUT2D eigenvalue weighted by Gasteiger charge is -2.31. The van der Waals surface area contributed by atoms with Crippen molar-refractivity contribution in [2.75, 3.05) is 6.61 Å². The third kappa shape index (κ3) is 2.23. The molecule has 3 heteroatoms. The van der Waals surface area contributed by atoms with E-state index in [0.717, 1.165) is 43.0 Å². The maximum atomic E-state index is 5.87. The van der Waals surface area contributed by atoms with Crippen molar-refractivity contribution in [3.63, 3.8) is 0 Å². The number of hydrazine groups is 1. The zero-order chi connectivity index (χ0) is 13.5. The molecule has 1 heterocycles. The molecule has 3 aliphatic rings. The Morgan fingerprint density at radius 1 is 1.20 bits per heavy atom. The van der Waals surface area contributed by atoms with Gasteiger partial charge in [-0.2, -0.15) is 0 Å². The van der Waals surface area contributed by atoms with Crippen LogP contribution >= 0.6 is 0 Å². The lowest BCUT2D eigenvalue weighted by molar-refractivity contribution is 0.237. The van der Waals surface area contributed by atoms with E-state index in [1.807, 2.05) is 0 Å². The molecule has 3 N–H and O–H groups in total. The van der Waals surface area contributed by atoms with Crippen molar-refractivity contribution < 1.29 is 4.74 Å². The van der Waals surface area contributed by atoms with E-state index in [2.05, 4.69) is 29.7 Å².